The lowest BCUT2D eigenvalue weighted by molar-refractivity contribution is 0.102. The van der Waals surface area contributed by atoms with Gasteiger partial charge in [-0.15, -0.1) is 10.2 Å². The first kappa shape index (κ1) is 21.5. The summed E-state index contributed by atoms with van der Waals surface area (Å²) in [6.07, 6.45) is 0. The number of aromatic amines is 2. The molecule has 0 fully saturated rings. The summed E-state index contributed by atoms with van der Waals surface area (Å²) < 4.78 is 0. The first-order chi connectivity index (χ1) is 16.1. The Morgan fingerprint density at radius 3 is 2.55 bits per heavy atom. The number of H-pyrrole nitrogens is 2. The number of carbonyl (C=O) groups is 1. The van der Waals surface area contributed by atoms with Crippen LogP contribution in [0.1, 0.15) is 27.3 Å². The van der Waals surface area contributed by atoms with E-state index in [2.05, 4.69) is 37.0 Å². The number of amides is 1. The number of hydrogen-bond acceptors (Lipinski definition) is 8. The van der Waals surface area contributed by atoms with Crippen molar-refractivity contribution in [1.29, 1.82) is 10.5 Å². The molecule has 4 aromatic rings. The zero-order valence-electron chi connectivity index (χ0n) is 16.9. The third-order valence-electron chi connectivity index (χ3n) is 4.58. The van der Waals surface area contributed by atoms with Gasteiger partial charge in [-0.2, -0.15) is 15.7 Å². The Balaban J connectivity index is 1.75. The van der Waals surface area contributed by atoms with Crippen LogP contribution in [0.3, 0.4) is 0 Å². The van der Waals surface area contributed by atoms with Crippen LogP contribution in [0.4, 0.5) is 5.69 Å². The van der Waals surface area contributed by atoms with Gasteiger partial charge in [0, 0.05) is 16.8 Å². The summed E-state index contributed by atoms with van der Waals surface area (Å²) in [7, 11) is 0. The van der Waals surface area contributed by atoms with Gasteiger partial charge >= 0.3 is 0 Å². The van der Waals surface area contributed by atoms with Crippen molar-refractivity contribution < 1.29 is 4.79 Å². The number of benzene rings is 2. The van der Waals surface area contributed by atoms with Gasteiger partial charge in [0.05, 0.1) is 16.3 Å². The number of carbonyl (C=O) groups excluding carboxylic acids is 1. The summed E-state index contributed by atoms with van der Waals surface area (Å²) in [6, 6.07) is 19.3. The zero-order valence-corrected chi connectivity index (χ0v) is 17.7. The van der Waals surface area contributed by atoms with Crippen molar-refractivity contribution in [2.45, 2.75) is 10.8 Å². The number of aromatic nitrogens is 5. The van der Waals surface area contributed by atoms with Gasteiger partial charge < -0.3 is 10.3 Å². The minimum atomic E-state index is -0.638. The molecule has 2 heterocycles. The molecular formula is C22H14N8O2S. The van der Waals surface area contributed by atoms with E-state index in [1.54, 1.807) is 48.5 Å². The highest BCUT2D eigenvalue weighted by molar-refractivity contribution is 7.98. The number of nitrogens with zero attached hydrogens (tertiary/aromatic N) is 5. The van der Waals surface area contributed by atoms with Gasteiger partial charge in [-0.3, -0.25) is 9.59 Å². The van der Waals surface area contributed by atoms with E-state index in [-0.39, 0.29) is 33.4 Å². The van der Waals surface area contributed by atoms with Crippen molar-refractivity contribution in [1.82, 2.24) is 25.6 Å². The highest BCUT2D eigenvalue weighted by Crippen LogP contribution is 2.32. The Bertz CT molecular complexity index is 1450. The van der Waals surface area contributed by atoms with Gasteiger partial charge in [0.2, 0.25) is 0 Å². The fourth-order valence-electron chi connectivity index (χ4n) is 3.11. The molecule has 11 heteroatoms. The van der Waals surface area contributed by atoms with Crippen LogP contribution in [-0.2, 0) is 5.75 Å². The minimum Gasteiger partial charge on any atom is -0.322 e. The molecule has 0 bridgehead atoms. The molecule has 160 valence electrons. The van der Waals surface area contributed by atoms with Gasteiger partial charge in [0.15, 0.2) is 5.82 Å². The molecule has 10 nitrogen and oxygen atoms in total. The number of para-hydroxylation sites is 1. The van der Waals surface area contributed by atoms with Crippen LogP contribution in [0.2, 0.25) is 0 Å². The maximum absolute atomic E-state index is 12.7. The maximum atomic E-state index is 12.7. The van der Waals surface area contributed by atoms with Crippen molar-refractivity contribution in [2.75, 3.05) is 5.32 Å². The summed E-state index contributed by atoms with van der Waals surface area (Å²) in [5, 5.41) is 36.1. The van der Waals surface area contributed by atoms with Crippen molar-refractivity contribution >= 4 is 23.4 Å². The Morgan fingerprint density at radius 2 is 1.85 bits per heavy atom. The summed E-state index contributed by atoms with van der Waals surface area (Å²) >= 11 is 1.13. The Labute approximate surface area is 191 Å². The highest BCUT2D eigenvalue weighted by Gasteiger charge is 2.21. The van der Waals surface area contributed by atoms with Crippen molar-refractivity contribution in [3.05, 3.63) is 87.5 Å². The second kappa shape index (κ2) is 9.60. The summed E-state index contributed by atoms with van der Waals surface area (Å²) in [5.74, 6) is 0.262. The fraction of sp³-hybridized carbons (Fsp3) is 0.0455. The first-order valence-corrected chi connectivity index (χ1v) is 10.5. The third kappa shape index (κ3) is 4.63. The highest BCUT2D eigenvalue weighted by atomic mass is 32.2. The van der Waals surface area contributed by atoms with Crippen molar-refractivity contribution in [3.63, 3.8) is 0 Å². The van der Waals surface area contributed by atoms with Crippen LogP contribution in [0.15, 0.2) is 64.4 Å². The predicted molar refractivity (Wildman–Crippen MR) is 120 cm³/mol. The van der Waals surface area contributed by atoms with Gasteiger partial charge in [0.25, 0.3) is 11.5 Å². The molecule has 0 aliphatic rings. The van der Waals surface area contributed by atoms with E-state index in [1.807, 2.05) is 12.1 Å². The Kier molecular flexibility index (Phi) is 6.25. The molecule has 0 unspecified atom stereocenters. The molecule has 33 heavy (non-hydrogen) atoms. The lowest BCUT2D eigenvalue weighted by atomic mass is 9.96. The largest absolute Gasteiger partial charge is 0.322 e. The number of anilines is 1. The smallest absolute Gasteiger partial charge is 0.267 e. The van der Waals surface area contributed by atoms with Gasteiger partial charge in [0.1, 0.15) is 17.7 Å². The molecule has 0 saturated carbocycles. The normalized spacial score (nSPS) is 10.2. The molecule has 0 aliphatic heterocycles. The maximum Gasteiger partial charge on any atom is 0.267 e. The lowest BCUT2D eigenvalue weighted by Crippen LogP contribution is -2.15. The van der Waals surface area contributed by atoms with Gasteiger partial charge in [-0.05, 0) is 29.8 Å². The molecule has 0 aliphatic carbocycles. The number of nitriles is 2. The quantitative estimate of drug-likeness (QED) is 0.374. The van der Waals surface area contributed by atoms with Crippen LogP contribution in [0, 0.1) is 22.7 Å². The molecular weight excluding hydrogens is 440 g/mol. The molecule has 0 spiro atoms. The van der Waals surface area contributed by atoms with E-state index in [0.717, 1.165) is 11.8 Å². The van der Waals surface area contributed by atoms with E-state index in [9.17, 15) is 20.1 Å². The number of thioether (sulfide) groups is 1. The number of nitrogens with one attached hydrogen (secondary N) is 3. The zero-order chi connectivity index (χ0) is 23.2. The average molecular weight is 454 g/mol. The van der Waals surface area contributed by atoms with E-state index >= 15 is 0 Å². The second-order valence-electron chi connectivity index (χ2n) is 6.65. The van der Waals surface area contributed by atoms with Crippen molar-refractivity contribution in [2.24, 2.45) is 0 Å². The molecule has 0 atom stereocenters. The summed E-state index contributed by atoms with van der Waals surface area (Å²) in [6.45, 7) is 0. The number of hydrogen-bond donors (Lipinski definition) is 3. The van der Waals surface area contributed by atoms with E-state index in [4.69, 9.17) is 0 Å². The topological polar surface area (TPSA) is 164 Å². The SMILES string of the molecule is N#Cc1c(SCc2nn[nH]n2)[nH]c(=O)c(C#N)c1-c1cccc(C(=O)Nc2ccccc2)c1. The van der Waals surface area contributed by atoms with E-state index in [0.29, 0.717) is 22.6 Å². The lowest BCUT2D eigenvalue weighted by Gasteiger charge is -2.12. The predicted octanol–water partition coefficient (Wildman–Crippen LogP) is 2.84. The monoisotopic (exact) mass is 454 g/mol. The third-order valence-corrected chi connectivity index (χ3v) is 5.58. The molecule has 0 radical (unpaired) electrons. The minimum absolute atomic E-state index is 0.111. The van der Waals surface area contributed by atoms with Crippen LogP contribution < -0.4 is 10.9 Å². The molecule has 1 amide bonds. The van der Waals surface area contributed by atoms with E-state index in [1.165, 1.54) is 0 Å². The molecule has 4 rings (SSSR count). The molecule has 3 N–H and O–H groups in total. The van der Waals surface area contributed by atoms with E-state index < -0.39 is 5.56 Å². The molecule has 0 saturated heterocycles. The van der Waals surface area contributed by atoms with Crippen LogP contribution in [0.25, 0.3) is 11.1 Å². The number of tetrazole rings is 1. The fourth-order valence-corrected chi connectivity index (χ4v) is 3.96. The molecule has 2 aromatic heterocycles. The Morgan fingerprint density at radius 1 is 1.06 bits per heavy atom. The Hall–Kier alpha value is -4.74. The standard InChI is InChI=1S/C22H14N8O2S/c23-10-16-19(17(11-24)22(26-21(16)32)33-12-18-27-29-30-28-18)13-5-4-6-14(9-13)20(31)25-15-7-2-1-3-8-15/h1-9H,12H2,(H,25,31)(H,26,32)(H,27,28,29,30). The van der Waals surface area contributed by atoms with Crippen LogP contribution in [-0.4, -0.2) is 31.5 Å². The summed E-state index contributed by atoms with van der Waals surface area (Å²) in [5.41, 5.74) is 0.757. The van der Waals surface area contributed by atoms with Crippen LogP contribution >= 0.6 is 11.8 Å². The molecule has 2 aromatic carbocycles. The average Bonchev–Trinajstić information content (AvgIpc) is 3.36. The summed E-state index contributed by atoms with van der Waals surface area (Å²) in [4.78, 5) is 27.9. The van der Waals surface area contributed by atoms with Crippen LogP contribution in [0.5, 0.6) is 0 Å². The van der Waals surface area contributed by atoms with Crippen molar-refractivity contribution in [3.8, 4) is 23.3 Å². The van der Waals surface area contributed by atoms with Gasteiger partial charge in [-0.1, -0.05) is 47.3 Å². The first-order valence-electron chi connectivity index (χ1n) is 9.53. The number of pyridine rings is 1. The number of rotatable bonds is 6. The second-order valence-corrected chi connectivity index (χ2v) is 7.64. The van der Waals surface area contributed by atoms with Gasteiger partial charge in [-0.25, -0.2) is 0 Å².